The number of likely N-dealkylation sites (tertiary alicyclic amines) is 1. The second-order valence-corrected chi connectivity index (χ2v) is 7.58. The summed E-state index contributed by atoms with van der Waals surface area (Å²) in [6.45, 7) is 0. The predicted molar refractivity (Wildman–Crippen MR) is 73.2 cm³/mol. The molecule has 0 bridgehead atoms. The zero-order valence-electron chi connectivity index (χ0n) is 9.38. The van der Waals surface area contributed by atoms with Crippen molar-refractivity contribution in [3.05, 3.63) is 14.1 Å². The van der Waals surface area contributed by atoms with Crippen molar-refractivity contribution in [3.63, 3.8) is 0 Å². The summed E-state index contributed by atoms with van der Waals surface area (Å²) in [7, 11) is 0. The first-order chi connectivity index (χ1) is 8.58. The lowest BCUT2D eigenvalue weighted by atomic mass is 10.0. The van der Waals surface area contributed by atoms with Crippen molar-refractivity contribution in [1.29, 1.82) is 0 Å². The van der Waals surface area contributed by atoms with E-state index in [1.165, 1.54) is 11.3 Å². The Kier molecular flexibility index (Phi) is 3.05. The molecule has 1 saturated carbocycles. The van der Waals surface area contributed by atoms with Gasteiger partial charge in [0.25, 0.3) is 0 Å². The van der Waals surface area contributed by atoms with Crippen LogP contribution in [0.2, 0.25) is 0 Å². The van der Waals surface area contributed by atoms with E-state index in [-0.39, 0.29) is 24.4 Å². The molecule has 1 amide bonds. The lowest BCUT2D eigenvalue weighted by Gasteiger charge is -2.24. The molecule has 1 aromatic heterocycles. The molecule has 1 aromatic rings. The van der Waals surface area contributed by atoms with Gasteiger partial charge in [0.05, 0.1) is 21.0 Å². The quantitative estimate of drug-likeness (QED) is 0.816. The second-order valence-electron chi connectivity index (χ2n) is 4.63. The van der Waals surface area contributed by atoms with E-state index in [9.17, 15) is 14.7 Å². The molecule has 1 saturated heterocycles. The Bertz CT molecular complexity index is 514. The van der Waals surface area contributed by atoms with Gasteiger partial charge in [-0.15, -0.1) is 11.3 Å². The fourth-order valence-corrected chi connectivity index (χ4v) is 4.08. The minimum Gasteiger partial charge on any atom is -0.481 e. The molecule has 0 aromatic carbocycles. The van der Waals surface area contributed by atoms with E-state index in [0.717, 1.165) is 20.7 Å². The number of amides is 1. The molecule has 5 nitrogen and oxygen atoms in total. The highest BCUT2D eigenvalue weighted by atomic mass is 127. The van der Waals surface area contributed by atoms with E-state index >= 15 is 0 Å². The van der Waals surface area contributed by atoms with Crippen molar-refractivity contribution in [1.82, 2.24) is 9.88 Å². The van der Waals surface area contributed by atoms with Crippen molar-refractivity contribution in [2.45, 2.75) is 31.3 Å². The smallest absolute Gasteiger partial charge is 0.309 e. The van der Waals surface area contributed by atoms with Crippen molar-refractivity contribution < 1.29 is 14.7 Å². The van der Waals surface area contributed by atoms with Gasteiger partial charge in [0.1, 0.15) is 5.01 Å². The summed E-state index contributed by atoms with van der Waals surface area (Å²) < 4.78 is 1.02. The number of aliphatic carboxylic acids is 1. The topological polar surface area (TPSA) is 70.5 Å². The first-order valence-corrected chi connectivity index (χ1v) is 7.62. The molecule has 0 radical (unpaired) electrons. The molecule has 1 aliphatic carbocycles. The Labute approximate surface area is 121 Å². The average Bonchev–Trinajstić information content (AvgIpc) is 2.95. The van der Waals surface area contributed by atoms with Crippen molar-refractivity contribution >= 4 is 45.8 Å². The number of hydrogen-bond donors (Lipinski definition) is 1. The predicted octanol–water partition coefficient (Wildman–Crippen LogP) is 1.88. The van der Waals surface area contributed by atoms with Gasteiger partial charge in [-0.1, -0.05) is 0 Å². The van der Waals surface area contributed by atoms with Gasteiger partial charge in [0.15, 0.2) is 0 Å². The van der Waals surface area contributed by atoms with Crippen molar-refractivity contribution in [3.8, 4) is 0 Å². The highest BCUT2D eigenvalue weighted by Crippen LogP contribution is 2.45. The number of halogens is 1. The van der Waals surface area contributed by atoms with Gasteiger partial charge in [-0.2, -0.15) is 0 Å². The van der Waals surface area contributed by atoms with Crippen LogP contribution in [0.3, 0.4) is 0 Å². The maximum atomic E-state index is 12.0. The van der Waals surface area contributed by atoms with Crippen LogP contribution in [0.4, 0.5) is 0 Å². The number of rotatable bonds is 3. The van der Waals surface area contributed by atoms with E-state index in [4.69, 9.17) is 0 Å². The molecule has 7 heteroatoms. The highest BCUT2D eigenvalue weighted by molar-refractivity contribution is 14.1. The molecular weight excluding hydrogens is 367 g/mol. The second kappa shape index (κ2) is 4.44. The highest BCUT2D eigenvalue weighted by Gasteiger charge is 2.51. The molecule has 96 valence electrons. The molecule has 2 unspecified atom stereocenters. The summed E-state index contributed by atoms with van der Waals surface area (Å²) in [6.07, 6.45) is 3.80. The van der Waals surface area contributed by atoms with Gasteiger partial charge in [0.2, 0.25) is 5.91 Å². The van der Waals surface area contributed by atoms with Crippen LogP contribution in [0.1, 0.15) is 30.3 Å². The standard InChI is InChI=1S/C11H11IN2O3S/c12-7-4-13-10(18-7)9-6(11(16)17)3-8(15)14(9)5-1-2-5/h4-6,9H,1-3H2,(H,16,17). The Morgan fingerprint density at radius 1 is 1.56 bits per heavy atom. The Balaban J connectivity index is 1.98. The Hall–Kier alpha value is -0.700. The van der Waals surface area contributed by atoms with E-state index < -0.39 is 11.9 Å². The van der Waals surface area contributed by atoms with Crippen molar-refractivity contribution in [2.75, 3.05) is 0 Å². The van der Waals surface area contributed by atoms with E-state index in [0.29, 0.717) is 0 Å². The zero-order chi connectivity index (χ0) is 12.9. The van der Waals surface area contributed by atoms with Gasteiger partial charge in [-0.25, -0.2) is 4.98 Å². The van der Waals surface area contributed by atoms with Crippen LogP contribution < -0.4 is 0 Å². The molecule has 0 spiro atoms. The summed E-state index contributed by atoms with van der Waals surface area (Å²) >= 11 is 3.64. The maximum absolute atomic E-state index is 12.0. The summed E-state index contributed by atoms with van der Waals surface area (Å²) in [5, 5.41) is 10.0. The molecule has 2 fully saturated rings. The van der Waals surface area contributed by atoms with E-state index in [1.54, 1.807) is 11.1 Å². The largest absolute Gasteiger partial charge is 0.481 e. The minimum atomic E-state index is -0.901. The number of nitrogens with zero attached hydrogens (tertiary/aromatic N) is 2. The Morgan fingerprint density at radius 2 is 2.28 bits per heavy atom. The molecule has 3 rings (SSSR count). The van der Waals surface area contributed by atoms with Crippen LogP contribution in [0.5, 0.6) is 0 Å². The minimum absolute atomic E-state index is 0.0416. The number of carbonyl (C=O) groups excluding carboxylic acids is 1. The molecule has 1 aliphatic heterocycles. The van der Waals surface area contributed by atoms with E-state index in [1.807, 2.05) is 0 Å². The molecule has 2 atom stereocenters. The van der Waals surface area contributed by atoms with Gasteiger partial charge >= 0.3 is 5.97 Å². The van der Waals surface area contributed by atoms with Crippen LogP contribution in [-0.4, -0.2) is 32.9 Å². The first-order valence-electron chi connectivity index (χ1n) is 5.73. The fourth-order valence-electron chi connectivity index (χ4n) is 2.45. The third-order valence-corrected chi connectivity index (χ3v) is 5.16. The lowest BCUT2D eigenvalue weighted by Crippen LogP contribution is -2.32. The maximum Gasteiger partial charge on any atom is 0.309 e. The fraction of sp³-hybridized carbons (Fsp3) is 0.545. The first kappa shape index (κ1) is 12.3. The average molecular weight is 378 g/mol. The Morgan fingerprint density at radius 3 is 2.78 bits per heavy atom. The molecule has 2 aliphatic rings. The van der Waals surface area contributed by atoms with Gasteiger partial charge in [-0.05, 0) is 35.4 Å². The molecular formula is C11H11IN2O3S. The SMILES string of the molecule is O=C(O)C1CC(=O)N(C2CC2)C1c1ncc(I)s1. The summed E-state index contributed by atoms with van der Waals surface area (Å²) in [4.78, 5) is 29.4. The summed E-state index contributed by atoms with van der Waals surface area (Å²) in [5.74, 6) is -1.60. The number of hydrogen-bond acceptors (Lipinski definition) is 4. The number of aromatic nitrogens is 1. The van der Waals surface area contributed by atoms with Crippen LogP contribution in [-0.2, 0) is 9.59 Å². The normalized spacial score (nSPS) is 27.8. The summed E-state index contributed by atoms with van der Waals surface area (Å²) in [5.41, 5.74) is 0. The summed E-state index contributed by atoms with van der Waals surface area (Å²) in [6, 6.07) is -0.135. The van der Waals surface area contributed by atoms with Crippen molar-refractivity contribution in [2.24, 2.45) is 5.92 Å². The zero-order valence-corrected chi connectivity index (χ0v) is 12.3. The van der Waals surface area contributed by atoms with Gasteiger partial charge < -0.3 is 10.0 Å². The van der Waals surface area contributed by atoms with Crippen LogP contribution in [0.25, 0.3) is 0 Å². The number of carboxylic acids is 1. The lowest BCUT2D eigenvalue weighted by molar-refractivity contribution is -0.142. The monoisotopic (exact) mass is 378 g/mol. The number of thiazole rings is 1. The van der Waals surface area contributed by atoms with Crippen LogP contribution >= 0.6 is 33.9 Å². The molecule has 18 heavy (non-hydrogen) atoms. The number of carbonyl (C=O) groups is 2. The number of carboxylic acid groups (broad SMARTS) is 1. The molecule has 1 N–H and O–H groups in total. The third-order valence-electron chi connectivity index (χ3n) is 3.37. The molecule has 2 heterocycles. The van der Waals surface area contributed by atoms with Gasteiger partial charge in [-0.3, -0.25) is 9.59 Å². The van der Waals surface area contributed by atoms with Gasteiger partial charge in [0, 0.05) is 12.5 Å². The van der Waals surface area contributed by atoms with Crippen LogP contribution in [0, 0.1) is 8.80 Å². The third kappa shape index (κ3) is 2.03. The van der Waals surface area contributed by atoms with E-state index in [2.05, 4.69) is 27.6 Å². The van der Waals surface area contributed by atoms with Crippen LogP contribution in [0.15, 0.2) is 6.20 Å².